The normalized spacial score (nSPS) is 13.1. The van der Waals surface area contributed by atoms with Crippen LogP contribution in [0.2, 0.25) is 0 Å². The van der Waals surface area contributed by atoms with E-state index in [9.17, 15) is 0 Å². The molecule has 0 saturated heterocycles. The predicted octanol–water partition coefficient (Wildman–Crippen LogP) is 4.35. The van der Waals surface area contributed by atoms with Gasteiger partial charge in [0.1, 0.15) is 4.34 Å². The number of nitrogens with zero attached hydrogens (tertiary/aromatic N) is 1. The smallest absolute Gasteiger partial charge is 0.150 e. The Morgan fingerprint density at radius 3 is 2.93 bits per heavy atom. The maximum absolute atomic E-state index is 4.43. The van der Waals surface area contributed by atoms with Crippen molar-refractivity contribution in [2.24, 2.45) is 5.92 Å². The third-order valence-electron chi connectivity index (χ3n) is 2.04. The van der Waals surface area contributed by atoms with Crippen LogP contribution in [-0.2, 0) is 0 Å². The van der Waals surface area contributed by atoms with E-state index in [0.29, 0.717) is 0 Å². The summed E-state index contributed by atoms with van der Waals surface area (Å²) in [7, 11) is 0. The van der Waals surface area contributed by atoms with Crippen molar-refractivity contribution in [2.45, 2.75) is 31.0 Å². The molecule has 0 aliphatic carbocycles. The van der Waals surface area contributed by atoms with Gasteiger partial charge in [-0.3, -0.25) is 0 Å². The number of halogens is 1. The summed E-state index contributed by atoms with van der Waals surface area (Å²) < 4.78 is 1.22. The molecule has 14 heavy (non-hydrogen) atoms. The maximum atomic E-state index is 4.43. The lowest BCUT2D eigenvalue weighted by Gasteiger charge is -2.07. The minimum atomic E-state index is 0.822. The number of thiazole rings is 1. The Labute approximate surface area is 103 Å². The standard InChI is InChI=1S/C10H16BrNS2/c1-8(3-5-11)4-6-13-10-12-9(2)7-14-10/h7-8H,3-6H2,1-2H3. The molecule has 0 N–H and O–H groups in total. The summed E-state index contributed by atoms with van der Waals surface area (Å²) in [6.07, 6.45) is 2.56. The van der Waals surface area contributed by atoms with Crippen LogP contribution in [0, 0.1) is 12.8 Å². The first kappa shape index (κ1) is 12.5. The van der Waals surface area contributed by atoms with E-state index in [1.54, 1.807) is 11.3 Å². The molecule has 1 aromatic heterocycles. The molecule has 1 unspecified atom stereocenters. The average Bonchev–Trinajstić information content (AvgIpc) is 2.52. The van der Waals surface area contributed by atoms with E-state index in [1.165, 1.54) is 22.9 Å². The second-order valence-electron chi connectivity index (χ2n) is 3.47. The van der Waals surface area contributed by atoms with Gasteiger partial charge >= 0.3 is 0 Å². The highest BCUT2D eigenvalue weighted by Gasteiger charge is 2.03. The molecule has 1 heterocycles. The van der Waals surface area contributed by atoms with Crippen molar-refractivity contribution >= 4 is 39.0 Å². The van der Waals surface area contributed by atoms with E-state index >= 15 is 0 Å². The van der Waals surface area contributed by atoms with E-state index in [4.69, 9.17) is 0 Å². The fraction of sp³-hybridized carbons (Fsp3) is 0.700. The van der Waals surface area contributed by atoms with Crippen LogP contribution >= 0.6 is 39.0 Å². The van der Waals surface area contributed by atoms with Crippen LogP contribution in [0.15, 0.2) is 9.72 Å². The highest BCUT2D eigenvalue weighted by molar-refractivity contribution is 9.09. The zero-order valence-electron chi connectivity index (χ0n) is 8.62. The summed E-state index contributed by atoms with van der Waals surface area (Å²) in [5.41, 5.74) is 1.14. The molecule has 80 valence electrons. The topological polar surface area (TPSA) is 12.9 Å². The van der Waals surface area contributed by atoms with E-state index in [2.05, 4.69) is 33.2 Å². The van der Waals surface area contributed by atoms with Crippen LogP contribution in [0.25, 0.3) is 0 Å². The lowest BCUT2D eigenvalue weighted by molar-refractivity contribution is 0.555. The van der Waals surface area contributed by atoms with Crippen LogP contribution in [0.1, 0.15) is 25.5 Å². The second-order valence-corrected chi connectivity index (χ2v) is 6.47. The molecule has 1 rings (SSSR count). The molecular weight excluding hydrogens is 278 g/mol. The Morgan fingerprint density at radius 1 is 1.57 bits per heavy atom. The van der Waals surface area contributed by atoms with E-state index in [1.807, 2.05) is 18.7 Å². The van der Waals surface area contributed by atoms with E-state index < -0.39 is 0 Å². The lowest BCUT2D eigenvalue weighted by atomic mass is 10.1. The fourth-order valence-corrected chi connectivity index (χ4v) is 3.95. The van der Waals surface area contributed by atoms with Gasteiger partial charge < -0.3 is 0 Å². The maximum Gasteiger partial charge on any atom is 0.150 e. The predicted molar refractivity (Wildman–Crippen MR) is 69.8 cm³/mol. The summed E-state index contributed by atoms with van der Waals surface area (Å²) >= 11 is 7.12. The van der Waals surface area contributed by atoms with Gasteiger partial charge in [0.25, 0.3) is 0 Å². The van der Waals surface area contributed by atoms with Crippen LogP contribution in [0.3, 0.4) is 0 Å². The first-order chi connectivity index (χ1) is 6.72. The Morgan fingerprint density at radius 2 is 2.36 bits per heavy atom. The summed E-state index contributed by atoms with van der Waals surface area (Å²) in [6.45, 7) is 4.36. The quantitative estimate of drug-likeness (QED) is 0.571. The van der Waals surface area contributed by atoms with Gasteiger partial charge in [0.05, 0.1) is 0 Å². The monoisotopic (exact) mass is 293 g/mol. The minimum absolute atomic E-state index is 0.822. The lowest BCUT2D eigenvalue weighted by Crippen LogP contribution is -1.96. The zero-order valence-corrected chi connectivity index (χ0v) is 11.8. The highest BCUT2D eigenvalue weighted by Crippen LogP contribution is 2.24. The van der Waals surface area contributed by atoms with Crippen molar-refractivity contribution in [1.82, 2.24) is 4.98 Å². The average molecular weight is 294 g/mol. The molecule has 0 aliphatic heterocycles. The van der Waals surface area contributed by atoms with E-state index in [-0.39, 0.29) is 0 Å². The second kappa shape index (κ2) is 6.85. The Kier molecular flexibility index (Phi) is 6.13. The largest absolute Gasteiger partial charge is 0.235 e. The molecular formula is C10H16BrNS2. The summed E-state index contributed by atoms with van der Waals surface area (Å²) in [5.74, 6) is 2.02. The van der Waals surface area contributed by atoms with Gasteiger partial charge in [-0.2, -0.15) is 0 Å². The Hall–Kier alpha value is 0.460. The third kappa shape index (κ3) is 4.80. The first-order valence-electron chi connectivity index (χ1n) is 4.83. The molecule has 0 aromatic carbocycles. The van der Waals surface area contributed by atoms with Gasteiger partial charge in [-0.15, -0.1) is 11.3 Å². The van der Waals surface area contributed by atoms with Crippen molar-refractivity contribution in [3.8, 4) is 0 Å². The number of rotatable bonds is 6. The van der Waals surface area contributed by atoms with Crippen LogP contribution < -0.4 is 0 Å². The number of aryl methyl sites for hydroxylation is 1. The molecule has 0 fully saturated rings. The van der Waals surface area contributed by atoms with Crippen molar-refractivity contribution in [1.29, 1.82) is 0 Å². The number of thioether (sulfide) groups is 1. The number of alkyl halides is 1. The van der Waals surface area contributed by atoms with Crippen molar-refractivity contribution in [3.05, 3.63) is 11.1 Å². The van der Waals surface area contributed by atoms with Gasteiger partial charge in [0.15, 0.2) is 0 Å². The van der Waals surface area contributed by atoms with Crippen LogP contribution in [0.4, 0.5) is 0 Å². The van der Waals surface area contributed by atoms with Gasteiger partial charge in [0, 0.05) is 22.2 Å². The Balaban J connectivity index is 2.15. The molecule has 4 heteroatoms. The van der Waals surface area contributed by atoms with Crippen molar-refractivity contribution < 1.29 is 0 Å². The molecule has 1 atom stereocenters. The molecule has 0 bridgehead atoms. The van der Waals surface area contributed by atoms with Gasteiger partial charge in [0.2, 0.25) is 0 Å². The molecule has 1 aromatic rings. The number of hydrogen-bond acceptors (Lipinski definition) is 3. The number of hydrogen-bond donors (Lipinski definition) is 0. The van der Waals surface area contributed by atoms with Crippen molar-refractivity contribution in [2.75, 3.05) is 11.1 Å². The van der Waals surface area contributed by atoms with Gasteiger partial charge in [-0.25, -0.2) is 4.98 Å². The van der Waals surface area contributed by atoms with Crippen molar-refractivity contribution in [3.63, 3.8) is 0 Å². The minimum Gasteiger partial charge on any atom is -0.235 e. The van der Waals surface area contributed by atoms with E-state index in [0.717, 1.165) is 16.9 Å². The third-order valence-corrected chi connectivity index (χ3v) is 4.67. The molecule has 1 nitrogen and oxygen atoms in total. The summed E-state index contributed by atoms with van der Waals surface area (Å²) in [6, 6.07) is 0. The SMILES string of the molecule is Cc1csc(SCCC(C)CCBr)n1. The first-order valence-corrected chi connectivity index (χ1v) is 7.82. The summed E-state index contributed by atoms with van der Waals surface area (Å²) in [4.78, 5) is 4.43. The van der Waals surface area contributed by atoms with Gasteiger partial charge in [-0.1, -0.05) is 34.6 Å². The van der Waals surface area contributed by atoms with Gasteiger partial charge in [-0.05, 0) is 25.7 Å². The van der Waals surface area contributed by atoms with Crippen LogP contribution in [0.5, 0.6) is 0 Å². The molecule has 0 amide bonds. The Bertz CT molecular complexity index is 262. The van der Waals surface area contributed by atoms with Crippen LogP contribution in [-0.4, -0.2) is 16.1 Å². The fourth-order valence-electron chi connectivity index (χ4n) is 1.08. The molecule has 0 aliphatic rings. The summed E-state index contributed by atoms with van der Waals surface area (Å²) in [5, 5.41) is 3.24. The molecule has 0 saturated carbocycles. The zero-order chi connectivity index (χ0) is 10.4. The molecule has 0 radical (unpaired) electrons. The number of aromatic nitrogens is 1. The molecule has 0 spiro atoms. The highest BCUT2D eigenvalue weighted by atomic mass is 79.9.